The SMILES string of the molecule is CCC1CCN(C(COC)C(=O)O)CC1. The molecule has 0 radical (unpaired) electrons. The summed E-state index contributed by atoms with van der Waals surface area (Å²) in [7, 11) is 1.55. The molecule has 0 aromatic rings. The van der Waals surface area contributed by atoms with Gasteiger partial charge in [-0.3, -0.25) is 9.69 Å². The van der Waals surface area contributed by atoms with Crippen molar-refractivity contribution in [3.05, 3.63) is 0 Å². The highest BCUT2D eigenvalue weighted by Gasteiger charge is 2.28. The van der Waals surface area contributed by atoms with Crippen LogP contribution in [0.1, 0.15) is 26.2 Å². The van der Waals surface area contributed by atoms with E-state index in [1.165, 1.54) is 6.42 Å². The van der Waals surface area contributed by atoms with Gasteiger partial charge in [-0.25, -0.2) is 0 Å². The summed E-state index contributed by atoms with van der Waals surface area (Å²) in [5.41, 5.74) is 0. The van der Waals surface area contributed by atoms with E-state index in [0.29, 0.717) is 0 Å². The lowest BCUT2D eigenvalue weighted by atomic mass is 9.93. The predicted molar refractivity (Wildman–Crippen MR) is 57.9 cm³/mol. The Bertz CT molecular complexity index is 200. The fourth-order valence-corrected chi connectivity index (χ4v) is 2.16. The van der Waals surface area contributed by atoms with E-state index >= 15 is 0 Å². The summed E-state index contributed by atoms with van der Waals surface area (Å²) in [5.74, 6) is 0.00467. The topological polar surface area (TPSA) is 49.8 Å². The van der Waals surface area contributed by atoms with Crippen molar-refractivity contribution >= 4 is 5.97 Å². The zero-order chi connectivity index (χ0) is 11.3. The molecule has 0 spiro atoms. The van der Waals surface area contributed by atoms with Crippen LogP contribution < -0.4 is 0 Å². The summed E-state index contributed by atoms with van der Waals surface area (Å²) in [6, 6.07) is -0.465. The molecule has 0 aromatic carbocycles. The number of nitrogens with zero attached hydrogens (tertiary/aromatic N) is 1. The Kier molecular flexibility index (Phi) is 5.05. The molecule has 1 saturated heterocycles. The van der Waals surface area contributed by atoms with E-state index in [0.717, 1.165) is 31.8 Å². The highest BCUT2D eigenvalue weighted by atomic mass is 16.5. The van der Waals surface area contributed by atoms with Crippen molar-refractivity contribution in [1.29, 1.82) is 0 Å². The van der Waals surface area contributed by atoms with Crippen LogP contribution in [0.5, 0.6) is 0 Å². The zero-order valence-electron chi connectivity index (χ0n) is 9.61. The number of piperidine rings is 1. The summed E-state index contributed by atoms with van der Waals surface area (Å²) in [4.78, 5) is 13.0. The van der Waals surface area contributed by atoms with Crippen LogP contribution in [-0.2, 0) is 9.53 Å². The molecule has 0 saturated carbocycles. The minimum absolute atomic E-state index is 0.284. The largest absolute Gasteiger partial charge is 0.480 e. The molecule has 0 bridgehead atoms. The molecule has 0 amide bonds. The zero-order valence-corrected chi connectivity index (χ0v) is 9.61. The first-order valence-corrected chi connectivity index (χ1v) is 5.64. The van der Waals surface area contributed by atoms with Crippen LogP contribution in [0, 0.1) is 5.92 Å². The first-order chi connectivity index (χ1) is 7.19. The maximum Gasteiger partial charge on any atom is 0.323 e. The Hall–Kier alpha value is -0.610. The van der Waals surface area contributed by atoms with Crippen LogP contribution in [0.25, 0.3) is 0 Å². The number of carboxylic acid groups (broad SMARTS) is 1. The molecule has 1 aliphatic rings. The molecule has 88 valence electrons. The van der Waals surface area contributed by atoms with Gasteiger partial charge in [0, 0.05) is 7.11 Å². The fourth-order valence-electron chi connectivity index (χ4n) is 2.16. The van der Waals surface area contributed by atoms with E-state index < -0.39 is 12.0 Å². The van der Waals surface area contributed by atoms with Crippen LogP contribution in [0.2, 0.25) is 0 Å². The van der Waals surface area contributed by atoms with Gasteiger partial charge in [-0.1, -0.05) is 13.3 Å². The molecule has 0 aromatic heterocycles. The van der Waals surface area contributed by atoms with Gasteiger partial charge in [0.15, 0.2) is 0 Å². The van der Waals surface area contributed by atoms with Crippen LogP contribution in [-0.4, -0.2) is 48.8 Å². The molecule has 1 atom stereocenters. The highest BCUT2D eigenvalue weighted by molar-refractivity contribution is 5.73. The van der Waals surface area contributed by atoms with Gasteiger partial charge in [0.25, 0.3) is 0 Å². The van der Waals surface area contributed by atoms with Gasteiger partial charge in [-0.15, -0.1) is 0 Å². The summed E-state index contributed by atoms with van der Waals surface area (Å²) < 4.78 is 4.95. The number of rotatable bonds is 5. The van der Waals surface area contributed by atoms with E-state index in [1.807, 2.05) is 4.90 Å². The molecular weight excluding hydrogens is 194 g/mol. The van der Waals surface area contributed by atoms with Crippen LogP contribution in [0.15, 0.2) is 0 Å². The van der Waals surface area contributed by atoms with Crippen molar-refractivity contribution in [1.82, 2.24) is 4.90 Å². The molecule has 1 N–H and O–H groups in total. The molecule has 1 fully saturated rings. The fraction of sp³-hybridized carbons (Fsp3) is 0.909. The van der Waals surface area contributed by atoms with Crippen molar-refractivity contribution in [2.75, 3.05) is 26.8 Å². The van der Waals surface area contributed by atoms with Gasteiger partial charge >= 0.3 is 5.97 Å². The minimum Gasteiger partial charge on any atom is -0.480 e. The third-order valence-corrected chi connectivity index (χ3v) is 3.28. The number of carboxylic acids is 1. The smallest absolute Gasteiger partial charge is 0.323 e. The molecular formula is C11H21NO3. The summed E-state index contributed by atoms with van der Waals surface area (Å²) in [6.07, 6.45) is 3.43. The molecule has 4 heteroatoms. The van der Waals surface area contributed by atoms with Gasteiger partial charge in [0.05, 0.1) is 6.61 Å². The number of aliphatic carboxylic acids is 1. The average Bonchev–Trinajstić information content (AvgIpc) is 2.26. The Morgan fingerprint density at radius 2 is 2.13 bits per heavy atom. The Morgan fingerprint density at radius 3 is 2.53 bits per heavy atom. The van der Waals surface area contributed by atoms with E-state index in [-0.39, 0.29) is 6.61 Å². The average molecular weight is 215 g/mol. The Labute approximate surface area is 91.2 Å². The summed E-state index contributed by atoms with van der Waals surface area (Å²) >= 11 is 0. The van der Waals surface area contributed by atoms with Gasteiger partial charge in [0.2, 0.25) is 0 Å². The standard InChI is InChI=1S/C11H21NO3/c1-3-9-4-6-12(7-5-9)10(8-15-2)11(13)14/h9-10H,3-8H2,1-2H3,(H,13,14). The number of ether oxygens (including phenoxy) is 1. The second kappa shape index (κ2) is 6.08. The lowest BCUT2D eigenvalue weighted by molar-refractivity contribution is -0.146. The molecule has 4 nitrogen and oxygen atoms in total. The Morgan fingerprint density at radius 1 is 1.53 bits per heavy atom. The third-order valence-electron chi connectivity index (χ3n) is 3.28. The first-order valence-electron chi connectivity index (χ1n) is 5.64. The van der Waals surface area contributed by atoms with Crippen molar-refractivity contribution in [2.24, 2.45) is 5.92 Å². The third kappa shape index (κ3) is 3.47. The predicted octanol–water partition coefficient (Wildman–Crippen LogP) is 1.21. The van der Waals surface area contributed by atoms with Crippen LogP contribution >= 0.6 is 0 Å². The lowest BCUT2D eigenvalue weighted by Gasteiger charge is -2.35. The molecule has 15 heavy (non-hydrogen) atoms. The number of hydrogen-bond donors (Lipinski definition) is 1. The van der Waals surface area contributed by atoms with E-state index in [9.17, 15) is 4.79 Å². The molecule has 0 aliphatic carbocycles. The summed E-state index contributed by atoms with van der Waals surface area (Å²) in [6.45, 7) is 4.26. The van der Waals surface area contributed by atoms with Crippen LogP contribution in [0.3, 0.4) is 0 Å². The maximum absolute atomic E-state index is 11.0. The maximum atomic E-state index is 11.0. The highest BCUT2D eigenvalue weighted by Crippen LogP contribution is 2.21. The number of methoxy groups -OCH3 is 1. The van der Waals surface area contributed by atoms with Crippen molar-refractivity contribution in [3.63, 3.8) is 0 Å². The molecule has 1 unspecified atom stereocenters. The van der Waals surface area contributed by atoms with Gasteiger partial charge < -0.3 is 9.84 Å². The van der Waals surface area contributed by atoms with E-state index in [4.69, 9.17) is 9.84 Å². The Balaban J connectivity index is 2.45. The number of hydrogen-bond acceptors (Lipinski definition) is 3. The number of likely N-dealkylation sites (tertiary alicyclic amines) is 1. The van der Waals surface area contributed by atoms with Gasteiger partial charge in [0.1, 0.15) is 6.04 Å². The molecule has 1 heterocycles. The van der Waals surface area contributed by atoms with Crippen molar-refractivity contribution in [3.8, 4) is 0 Å². The summed E-state index contributed by atoms with van der Waals surface area (Å²) in [5, 5.41) is 9.06. The van der Waals surface area contributed by atoms with Crippen LogP contribution in [0.4, 0.5) is 0 Å². The lowest BCUT2D eigenvalue weighted by Crippen LogP contribution is -2.47. The second-order valence-electron chi connectivity index (χ2n) is 4.20. The molecule has 1 rings (SSSR count). The molecule has 1 aliphatic heterocycles. The first kappa shape index (κ1) is 12.5. The van der Waals surface area contributed by atoms with Crippen molar-refractivity contribution in [2.45, 2.75) is 32.2 Å². The quantitative estimate of drug-likeness (QED) is 0.749. The second-order valence-corrected chi connectivity index (χ2v) is 4.20. The number of carbonyl (C=O) groups is 1. The van der Waals surface area contributed by atoms with E-state index in [1.54, 1.807) is 7.11 Å². The van der Waals surface area contributed by atoms with Gasteiger partial charge in [-0.2, -0.15) is 0 Å². The minimum atomic E-state index is -0.771. The van der Waals surface area contributed by atoms with Crippen molar-refractivity contribution < 1.29 is 14.6 Å². The normalized spacial score (nSPS) is 21.5. The monoisotopic (exact) mass is 215 g/mol. The van der Waals surface area contributed by atoms with E-state index in [2.05, 4.69) is 6.92 Å². The van der Waals surface area contributed by atoms with Gasteiger partial charge in [-0.05, 0) is 31.8 Å².